The minimum absolute atomic E-state index is 0.0285. The van der Waals surface area contributed by atoms with Gasteiger partial charge >= 0.3 is 0 Å². The first kappa shape index (κ1) is 17.9. The van der Waals surface area contributed by atoms with E-state index in [2.05, 4.69) is 4.90 Å². The molecule has 2 aliphatic rings. The van der Waals surface area contributed by atoms with Crippen LogP contribution in [-0.2, 0) is 6.54 Å². The zero-order chi connectivity index (χ0) is 18.8. The standard InChI is InChI=1S/C22H23FN2O2/c23-19-7-5-17(6-8-19)21(26)15-24-11-9-16(13-24)10-12-25-14-18-3-1-2-4-20(18)22(25)27/h1-8,16H,9-15H2/t16-/m1/s1. The Morgan fingerprint density at radius 3 is 2.67 bits per heavy atom. The van der Waals surface area contributed by atoms with Crippen molar-refractivity contribution in [3.05, 3.63) is 71.0 Å². The molecule has 1 amide bonds. The monoisotopic (exact) mass is 366 g/mol. The molecule has 0 spiro atoms. The summed E-state index contributed by atoms with van der Waals surface area (Å²) in [5.74, 6) is 0.335. The molecule has 1 fully saturated rings. The zero-order valence-electron chi connectivity index (χ0n) is 15.2. The number of benzene rings is 2. The first-order valence-corrected chi connectivity index (χ1v) is 9.48. The van der Waals surface area contributed by atoms with Crippen molar-refractivity contribution >= 4 is 11.7 Å². The van der Waals surface area contributed by atoms with E-state index in [9.17, 15) is 14.0 Å². The van der Waals surface area contributed by atoms with Crippen LogP contribution in [0.15, 0.2) is 48.5 Å². The molecule has 140 valence electrons. The number of rotatable bonds is 6. The summed E-state index contributed by atoms with van der Waals surface area (Å²) in [5.41, 5.74) is 2.50. The molecule has 2 aromatic carbocycles. The number of halogens is 1. The summed E-state index contributed by atoms with van der Waals surface area (Å²) in [6.45, 7) is 3.61. The number of likely N-dealkylation sites (tertiary alicyclic amines) is 1. The van der Waals surface area contributed by atoms with E-state index in [0.717, 1.165) is 43.6 Å². The lowest BCUT2D eigenvalue weighted by Crippen LogP contribution is -2.29. The third-order valence-corrected chi connectivity index (χ3v) is 5.61. The molecule has 1 saturated heterocycles. The summed E-state index contributed by atoms with van der Waals surface area (Å²) in [7, 11) is 0. The molecule has 4 rings (SSSR count). The Kier molecular flexibility index (Phi) is 5.03. The van der Waals surface area contributed by atoms with Gasteiger partial charge in [0.1, 0.15) is 5.82 Å². The Morgan fingerprint density at radius 2 is 1.89 bits per heavy atom. The van der Waals surface area contributed by atoms with E-state index in [1.807, 2.05) is 29.2 Å². The van der Waals surface area contributed by atoms with E-state index in [1.165, 1.54) is 12.1 Å². The van der Waals surface area contributed by atoms with Gasteiger partial charge in [0, 0.05) is 30.8 Å². The second kappa shape index (κ2) is 7.61. The molecule has 0 bridgehead atoms. The minimum Gasteiger partial charge on any atom is -0.334 e. The van der Waals surface area contributed by atoms with Crippen LogP contribution in [0.1, 0.15) is 39.1 Å². The molecule has 4 nitrogen and oxygen atoms in total. The smallest absolute Gasteiger partial charge is 0.254 e. The second-order valence-corrected chi connectivity index (χ2v) is 7.49. The highest BCUT2D eigenvalue weighted by Gasteiger charge is 2.29. The predicted octanol–water partition coefficient (Wildman–Crippen LogP) is 3.38. The number of carbonyl (C=O) groups excluding carboxylic acids is 2. The van der Waals surface area contributed by atoms with Crippen molar-refractivity contribution in [1.29, 1.82) is 0 Å². The van der Waals surface area contributed by atoms with Crippen molar-refractivity contribution in [2.24, 2.45) is 5.92 Å². The first-order valence-electron chi connectivity index (χ1n) is 9.48. The van der Waals surface area contributed by atoms with Gasteiger partial charge in [-0.3, -0.25) is 14.5 Å². The van der Waals surface area contributed by atoms with Crippen molar-refractivity contribution in [2.45, 2.75) is 19.4 Å². The van der Waals surface area contributed by atoms with Crippen molar-refractivity contribution < 1.29 is 14.0 Å². The van der Waals surface area contributed by atoms with Gasteiger partial charge < -0.3 is 4.90 Å². The van der Waals surface area contributed by atoms with E-state index < -0.39 is 0 Å². The van der Waals surface area contributed by atoms with Crippen LogP contribution in [0.2, 0.25) is 0 Å². The Hall–Kier alpha value is -2.53. The molecule has 2 aliphatic heterocycles. The molecule has 5 heteroatoms. The molecule has 0 radical (unpaired) electrons. The van der Waals surface area contributed by atoms with Gasteiger partial charge in [0.15, 0.2) is 5.78 Å². The van der Waals surface area contributed by atoms with Crippen LogP contribution in [-0.4, -0.2) is 47.7 Å². The Balaban J connectivity index is 1.25. The molecule has 2 heterocycles. The van der Waals surface area contributed by atoms with Gasteiger partial charge in [-0.15, -0.1) is 0 Å². The molecule has 0 unspecified atom stereocenters. The highest BCUT2D eigenvalue weighted by molar-refractivity contribution is 5.98. The molecule has 0 N–H and O–H groups in total. The van der Waals surface area contributed by atoms with Crippen molar-refractivity contribution in [3.8, 4) is 0 Å². The van der Waals surface area contributed by atoms with Crippen LogP contribution in [0.4, 0.5) is 4.39 Å². The van der Waals surface area contributed by atoms with Gasteiger partial charge in [-0.05, 0) is 61.2 Å². The lowest BCUT2D eigenvalue weighted by Gasteiger charge is -2.19. The Labute approximate surface area is 158 Å². The maximum atomic E-state index is 13.0. The van der Waals surface area contributed by atoms with Crippen LogP contribution in [0.5, 0.6) is 0 Å². The molecular formula is C22H23FN2O2. The number of fused-ring (bicyclic) bond motifs is 1. The third-order valence-electron chi connectivity index (χ3n) is 5.61. The van der Waals surface area contributed by atoms with Crippen molar-refractivity contribution in [2.75, 3.05) is 26.2 Å². The maximum absolute atomic E-state index is 13.0. The normalized spacial score (nSPS) is 19.5. The lowest BCUT2D eigenvalue weighted by atomic mass is 10.0. The molecule has 1 atom stereocenters. The quantitative estimate of drug-likeness (QED) is 0.736. The Bertz CT molecular complexity index is 850. The minimum atomic E-state index is -0.327. The lowest BCUT2D eigenvalue weighted by molar-refractivity contribution is 0.0769. The van der Waals surface area contributed by atoms with Crippen LogP contribution >= 0.6 is 0 Å². The van der Waals surface area contributed by atoms with Gasteiger partial charge in [0.05, 0.1) is 6.54 Å². The maximum Gasteiger partial charge on any atom is 0.254 e. The SMILES string of the molecule is O=C(CN1CC[C@H](CCN2Cc3ccccc3C2=O)C1)c1ccc(F)cc1. The van der Waals surface area contributed by atoms with E-state index in [1.54, 1.807) is 12.1 Å². The summed E-state index contributed by atoms with van der Waals surface area (Å²) in [5, 5.41) is 0. The average molecular weight is 366 g/mol. The fourth-order valence-electron chi connectivity index (χ4n) is 4.06. The van der Waals surface area contributed by atoms with E-state index in [-0.39, 0.29) is 17.5 Å². The highest BCUT2D eigenvalue weighted by atomic mass is 19.1. The van der Waals surface area contributed by atoms with E-state index in [0.29, 0.717) is 24.6 Å². The van der Waals surface area contributed by atoms with E-state index >= 15 is 0 Å². The number of carbonyl (C=O) groups is 2. The van der Waals surface area contributed by atoms with Crippen molar-refractivity contribution in [3.63, 3.8) is 0 Å². The van der Waals surface area contributed by atoms with Crippen LogP contribution < -0.4 is 0 Å². The molecule has 27 heavy (non-hydrogen) atoms. The van der Waals surface area contributed by atoms with Gasteiger partial charge in [-0.2, -0.15) is 0 Å². The zero-order valence-corrected chi connectivity index (χ0v) is 15.2. The third kappa shape index (κ3) is 3.93. The number of amides is 1. The van der Waals surface area contributed by atoms with Gasteiger partial charge in [0.25, 0.3) is 5.91 Å². The van der Waals surface area contributed by atoms with Gasteiger partial charge in [-0.25, -0.2) is 4.39 Å². The molecule has 0 aliphatic carbocycles. The largest absolute Gasteiger partial charge is 0.334 e. The summed E-state index contributed by atoms with van der Waals surface area (Å²) in [6, 6.07) is 13.5. The second-order valence-electron chi connectivity index (χ2n) is 7.49. The topological polar surface area (TPSA) is 40.6 Å². The number of hydrogen-bond donors (Lipinski definition) is 0. The molecular weight excluding hydrogens is 343 g/mol. The number of Topliss-reactive ketones (excluding diaryl/α,β-unsaturated/α-hetero) is 1. The first-order chi connectivity index (χ1) is 13.1. The fourth-order valence-corrected chi connectivity index (χ4v) is 4.06. The summed E-state index contributed by atoms with van der Waals surface area (Å²) >= 11 is 0. The predicted molar refractivity (Wildman–Crippen MR) is 101 cm³/mol. The number of hydrogen-bond acceptors (Lipinski definition) is 3. The van der Waals surface area contributed by atoms with Crippen LogP contribution in [0, 0.1) is 11.7 Å². The highest BCUT2D eigenvalue weighted by Crippen LogP contribution is 2.25. The Morgan fingerprint density at radius 1 is 1.11 bits per heavy atom. The van der Waals surface area contributed by atoms with Crippen LogP contribution in [0.25, 0.3) is 0 Å². The van der Waals surface area contributed by atoms with Crippen LogP contribution in [0.3, 0.4) is 0 Å². The fraction of sp³-hybridized carbons (Fsp3) is 0.364. The van der Waals surface area contributed by atoms with Gasteiger partial charge in [0.2, 0.25) is 0 Å². The molecule has 0 saturated carbocycles. The summed E-state index contributed by atoms with van der Waals surface area (Å²) in [4.78, 5) is 28.9. The number of nitrogens with zero attached hydrogens (tertiary/aromatic N) is 2. The molecule has 2 aromatic rings. The summed E-state index contributed by atoms with van der Waals surface area (Å²) < 4.78 is 13.0. The van der Waals surface area contributed by atoms with Gasteiger partial charge in [-0.1, -0.05) is 18.2 Å². The summed E-state index contributed by atoms with van der Waals surface area (Å²) in [6.07, 6.45) is 2.01. The number of ketones is 1. The van der Waals surface area contributed by atoms with Crippen molar-refractivity contribution in [1.82, 2.24) is 9.80 Å². The van der Waals surface area contributed by atoms with E-state index in [4.69, 9.17) is 0 Å². The average Bonchev–Trinajstić information content (AvgIpc) is 3.25. The molecule has 0 aromatic heterocycles.